The molecule has 5 nitrogen and oxygen atoms in total. The summed E-state index contributed by atoms with van der Waals surface area (Å²) in [4.78, 5) is 13.1. The predicted octanol–water partition coefficient (Wildman–Crippen LogP) is 3.40. The molecule has 118 valence electrons. The third-order valence-electron chi connectivity index (χ3n) is 3.10. The zero-order valence-electron chi connectivity index (χ0n) is 13.1. The fourth-order valence-corrected chi connectivity index (χ4v) is 2.30. The van der Waals surface area contributed by atoms with Crippen molar-refractivity contribution >= 4 is 5.97 Å². The molecule has 0 saturated carbocycles. The average Bonchev–Trinajstić information content (AvgIpc) is 2.86. The van der Waals surface area contributed by atoms with E-state index in [0.29, 0.717) is 18.7 Å². The Bertz CT molecular complexity index is 633. The summed E-state index contributed by atoms with van der Waals surface area (Å²) in [6, 6.07) is 9.61. The van der Waals surface area contributed by atoms with Crippen molar-refractivity contribution in [3.05, 3.63) is 53.5 Å². The fourth-order valence-electron chi connectivity index (χ4n) is 2.30. The summed E-state index contributed by atoms with van der Waals surface area (Å²) in [5, 5.41) is 9.05. The lowest BCUT2D eigenvalue weighted by Gasteiger charge is -2.17. The van der Waals surface area contributed by atoms with E-state index in [4.69, 9.17) is 14.3 Å². The number of hydrogen-bond acceptors (Lipinski definition) is 4. The van der Waals surface area contributed by atoms with Gasteiger partial charge in [-0.15, -0.1) is 0 Å². The van der Waals surface area contributed by atoms with Crippen molar-refractivity contribution in [1.82, 2.24) is 4.90 Å². The van der Waals surface area contributed by atoms with Crippen molar-refractivity contribution in [2.45, 2.75) is 33.0 Å². The van der Waals surface area contributed by atoms with Gasteiger partial charge in [-0.1, -0.05) is 12.1 Å². The van der Waals surface area contributed by atoms with Crippen molar-refractivity contribution in [3.63, 3.8) is 0 Å². The molecule has 0 amide bonds. The second kappa shape index (κ2) is 7.13. The normalized spacial score (nSPS) is 11.1. The molecule has 0 atom stereocenters. The molecular formula is C17H21NO4. The number of hydrogen-bond donors (Lipinski definition) is 1. The van der Waals surface area contributed by atoms with Crippen molar-refractivity contribution in [3.8, 4) is 5.75 Å². The first-order valence-electron chi connectivity index (χ1n) is 7.19. The van der Waals surface area contributed by atoms with Gasteiger partial charge in [0.25, 0.3) is 0 Å². The zero-order chi connectivity index (χ0) is 16.1. The lowest BCUT2D eigenvalue weighted by molar-refractivity contribution is 0.0659. The maximum atomic E-state index is 11.0. The number of aromatic carboxylic acids is 1. The Morgan fingerprint density at radius 2 is 2.09 bits per heavy atom. The van der Waals surface area contributed by atoms with E-state index in [9.17, 15) is 4.79 Å². The van der Waals surface area contributed by atoms with E-state index in [1.165, 1.54) is 6.26 Å². The van der Waals surface area contributed by atoms with Crippen LogP contribution < -0.4 is 4.74 Å². The van der Waals surface area contributed by atoms with Gasteiger partial charge in [0.2, 0.25) is 5.76 Å². The standard InChI is InChI=1S/C17H21NO4/c1-12(2)22-15-6-4-5-13(9-15)10-18(3)11-14-7-8-21-16(14)17(19)20/h4-9,12H,10-11H2,1-3H3,(H,19,20). The van der Waals surface area contributed by atoms with Gasteiger partial charge in [-0.25, -0.2) is 4.79 Å². The largest absolute Gasteiger partial charge is 0.491 e. The van der Waals surface area contributed by atoms with E-state index in [0.717, 1.165) is 11.3 Å². The van der Waals surface area contributed by atoms with Crippen LogP contribution in [-0.4, -0.2) is 29.1 Å². The zero-order valence-corrected chi connectivity index (χ0v) is 13.1. The van der Waals surface area contributed by atoms with Crippen molar-refractivity contribution in [1.29, 1.82) is 0 Å². The van der Waals surface area contributed by atoms with Crippen LogP contribution >= 0.6 is 0 Å². The number of benzene rings is 1. The maximum Gasteiger partial charge on any atom is 0.372 e. The molecule has 2 rings (SSSR count). The minimum atomic E-state index is -1.04. The number of nitrogens with zero attached hydrogens (tertiary/aromatic N) is 1. The summed E-state index contributed by atoms with van der Waals surface area (Å²) in [6.07, 6.45) is 1.54. The minimum Gasteiger partial charge on any atom is -0.491 e. The van der Waals surface area contributed by atoms with E-state index in [-0.39, 0.29) is 11.9 Å². The van der Waals surface area contributed by atoms with Gasteiger partial charge < -0.3 is 14.3 Å². The van der Waals surface area contributed by atoms with Gasteiger partial charge in [0.1, 0.15) is 5.75 Å². The fraction of sp³-hybridized carbons (Fsp3) is 0.353. The second-order valence-electron chi connectivity index (χ2n) is 5.57. The Morgan fingerprint density at radius 1 is 1.32 bits per heavy atom. The molecule has 0 saturated heterocycles. The van der Waals surface area contributed by atoms with E-state index < -0.39 is 5.97 Å². The van der Waals surface area contributed by atoms with E-state index in [1.807, 2.05) is 50.1 Å². The van der Waals surface area contributed by atoms with Crippen LogP contribution in [0, 0.1) is 0 Å². The molecular weight excluding hydrogens is 282 g/mol. The van der Waals surface area contributed by atoms with E-state index in [2.05, 4.69) is 0 Å². The lowest BCUT2D eigenvalue weighted by Crippen LogP contribution is -2.18. The number of carboxylic acids is 1. The van der Waals surface area contributed by atoms with Crippen LogP contribution in [0.4, 0.5) is 0 Å². The Morgan fingerprint density at radius 3 is 2.77 bits per heavy atom. The number of furan rings is 1. The minimum absolute atomic E-state index is 0.00346. The summed E-state index contributed by atoms with van der Waals surface area (Å²) in [6.45, 7) is 5.18. The van der Waals surface area contributed by atoms with Crippen molar-refractivity contribution < 1.29 is 19.1 Å². The summed E-state index contributed by atoms with van der Waals surface area (Å²) in [5.74, 6) is -0.195. The first kappa shape index (κ1) is 16.1. The van der Waals surface area contributed by atoms with Gasteiger partial charge >= 0.3 is 5.97 Å². The maximum absolute atomic E-state index is 11.0. The number of carboxylic acid groups (broad SMARTS) is 1. The number of ether oxygens (including phenoxy) is 1. The molecule has 1 aromatic carbocycles. The van der Waals surface area contributed by atoms with Gasteiger partial charge in [0.15, 0.2) is 0 Å². The molecule has 2 aromatic rings. The Kier molecular flexibility index (Phi) is 5.22. The van der Waals surface area contributed by atoms with Gasteiger partial charge in [0, 0.05) is 18.7 Å². The van der Waals surface area contributed by atoms with Gasteiger partial charge in [-0.05, 0) is 44.7 Å². The van der Waals surface area contributed by atoms with E-state index >= 15 is 0 Å². The molecule has 0 bridgehead atoms. The molecule has 0 fully saturated rings. The Labute approximate surface area is 130 Å². The highest BCUT2D eigenvalue weighted by Crippen LogP contribution is 2.18. The van der Waals surface area contributed by atoms with Crippen LogP contribution in [0.25, 0.3) is 0 Å². The van der Waals surface area contributed by atoms with Crippen LogP contribution in [0.15, 0.2) is 41.0 Å². The first-order valence-corrected chi connectivity index (χ1v) is 7.19. The Hall–Kier alpha value is -2.27. The second-order valence-corrected chi connectivity index (χ2v) is 5.57. The lowest BCUT2D eigenvalue weighted by atomic mass is 10.2. The summed E-state index contributed by atoms with van der Waals surface area (Å²) < 4.78 is 10.7. The molecule has 0 aliphatic carbocycles. The quantitative estimate of drug-likeness (QED) is 0.849. The van der Waals surface area contributed by atoms with Crippen LogP contribution in [-0.2, 0) is 13.1 Å². The molecule has 0 aliphatic heterocycles. The number of carbonyl (C=O) groups is 1. The molecule has 0 spiro atoms. The number of rotatable bonds is 7. The Balaban J connectivity index is 2.01. The molecule has 1 heterocycles. The third kappa shape index (κ3) is 4.36. The van der Waals surface area contributed by atoms with Gasteiger partial charge in [-0.2, -0.15) is 0 Å². The molecule has 0 aliphatic rings. The van der Waals surface area contributed by atoms with Crippen LogP contribution in [0.1, 0.15) is 35.5 Å². The third-order valence-corrected chi connectivity index (χ3v) is 3.10. The summed E-state index contributed by atoms with van der Waals surface area (Å²) >= 11 is 0. The molecule has 0 radical (unpaired) electrons. The van der Waals surface area contributed by atoms with Crippen LogP contribution in [0.5, 0.6) is 5.75 Å². The van der Waals surface area contributed by atoms with Crippen LogP contribution in [0.2, 0.25) is 0 Å². The van der Waals surface area contributed by atoms with Gasteiger partial charge in [0.05, 0.1) is 12.4 Å². The highest BCUT2D eigenvalue weighted by atomic mass is 16.5. The average molecular weight is 303 g/mol. The first-order chi connectivity index (χ1) is 10.5. The van der Waals surface area contributed by atoms with Crippen molar-refractivity contribution in [2.75, 3.05) is 7.05 Å². The highest BCUT2D eigenvalue weighted by Gasteiger charge is 2.15. The van der Waals surface area contributed by atoms with Crippen LogP contribution in [0.3, 0.4) is 0 Å². The predicted molar refractivity (Wildman–Crippen MR) is 83.0 cm³/mol. The molecule has 5 heteroatoms. The van der Waals surface area contributed by atoms with E-state index in [1.54, 1.807) is 6.07 Å². The topological polar surface area (TPSA) is 62.9 Å². The summed E-state index contributed by atoms with van der Waals surface area (Å²) in [7, 11) is 1.94. The SMILES string of the molecule is CC(C)Oc1cccc(CN(C)Cc2ccoc2C(=O)O)c1. The molecule has 1 aromatic heterocycles. The highest BCUT2D eigenvalue weighted by molar-refractivity contribution is 5.86. The molecule has 22 heavy (non-hydrogen) atoms. The summed E-state index contributed by atoms with van der Waals surface area (Å²) in [5.41, 5.74) is 1.78. The molecule has 0 unspecified atom stereocenters. The monoisotopic (exact) mass is 303 g/mol. The van der Waals surface area contributed by atoms with Gasteiger partial charge in [-0.3, -0.25) is 4.90 Å². The smallest absolute Gasteiger partial charge is 0.372 e. The molecule has 1 N–H and O–H groups in total. The van der Waals surface area contributed by atoms with Crippen molar-refractivity contribution in [2.24, 2.45) is 0 Å².